The molecule has 0 heterocycles. The molecule has 0 fully saturated rings. The monoisotopic (exact) mass is 467 g/mol. The van der Waals surface area contributed by atoms with Crippen LogP contribution in [-0.2, 0) is 16.2 Å². The summed E-state index contributed by atoms with van der Waals surface area (Å²) in [6, 6.07) is 4.49. The first-order chi connectivity index (χ1) is 14.2. The van der Waals surface area contributed by atoms with Gasteiger partial charge in [-0.1, -0.05) is 18.2 Å². The second-order valence-corrected chi connectivity index (χ2v) is 7.83. The SMILES string of the molecule is NS(=O)(=O)c1ccc(-c2c(F)c(F)c(F)c(F)c2-c2ccc(C(F)(F)F)c(F)c2)cc1. The average Bonchev–Trinajstić information content (AvgIpc) is 2.67. The van der Waals surface area contributed by atoms with E-state index in [0.717, 1.165) is 24.3 Å². The third-order valence-electron chi connectivity index (χ3n) is 4.30. The average molecular weight is 467 g/mol. The molecule has 0 aliphatic rings. The molecule has 0 atom stereocenters. The number of sulfonamides is 1. The molecule has 0 saturated carbocycles. The van der Waals surface area contributed by atoms with E-state index in [9.17, 15) is 43.5 Å². The Balaban J connectivity index is 2.33. The molecule has 3 rings (SSSR count). The number of primary sulfonamides is 1. The van der Waals surface area contributed by atoms with E-state index in [-0.39, 0.29) is 17.7 Å². The zero-order chi connectivity index (χ0) is 23.3. The Bertz CT molecular complexity index is 1290. The first kappa shape index (κ1) is 22.7. The highest BCUT2D eigenvalue weighted by molar-refractivity contribution is 7.89. The molecule has 164 valence electrons. The van der Waals surface area contributed by atoms with Gasteiger partial charge in [-0.25, -0.2) is 35.5 Å². The highest BCUT2D eigenvalue weighted by Crippen LogP contribution is 2.41. The maximum atomic E-state index is 14.6. The molecule has 0 aliphatic carbocycles. The zero-order valence-electron chi connectivity index (χ0n) is 14.9. The van der Waals surface area contributed by atoms with Gasteiger partial charge in [0, 0.05) is 11.1 Å². The molecule has 0 radical (unpaired) electrons. The lowest BCUT2D eigenvalue weighted by Gasteiger charge is -2.16. The van der Waals surface area contributed by atoms with Crippen molar-refractivity contribution in [2.45, 2.75) is 11.1 Å². The summed E-state index contributed by atoms with van der Waals surface area (Å²) in [7, 11) is -4.18. The van der Waals surface area contributed by atoms with Crippen LogP contribution in [0.25, 0.3) is 22.3 Å². The molecule has 0 amide bonds. The van der Waals surface area contributed by atoms with Crippen molar-refractivity contribution in [3.8, 4) is 22.3 Å². The minimum Gasteiger partial charge on any atom is -0.225 e. The van der Waals surface area contributed by atoms with Crippen molar-refractivity contribution < 1.29 is 43.5 Å². The fraction of sp³-hybridized carbons (Fsp3) is 0.0526. The lowest BCUT2D eigenvalue weighted by molar-refractivity contribution is -0.139. The largest absolute Gasteiger partial charge is 0.419 e. The van der Waals surface area contributed by atoms with Crippen molar-refractivity contribution in [2.24, 2.45) is 5.14 Å². The topological polar surface area (TPSA) is 60.2 Å². The van der Waals surface area contributed by atoms with Crippen LogP contribution in [0.5, 0.6) is 0 Å². The number of hydrogen-bond acceptors (Lipinski definition) is 2. The summed E-state index contributed by atoms with van der Waals surface area (Å²) in [4.78, 5) is -0.443. The fourth-order valence-corrected chi connectivity index (χ4v) is 3.40. The first-order valence-corrected chi connectivity index (χ1v) is 9.64. The standard InChI is InChI=1S/C19H9F8NO2S/c20-12-7-9(3-6-11(12)19(25,26)27)14-13(15(21)17(23)18(24)16(14)22)8-1-4-10(5-2-8)31(28,29)30/h1-7H,(H2,28,29,30). The van der Waals surface area contributed by atoms with Crippen LogP contribution in [0.3, 0.4) is 0 Å². The molecular formula is C19H9F8NO2S. The quantitative estimate of drug-likeness (QED) is 0.319. The molecule has 3 nitrogen and oxygen atoms in total. The van der Waals surface area contributed by atoms with Gasteiger partial charge in [0.05, 0.1) is 10.5 Å². The summed E-state index contributed by atoms with van der Waals surface area (Å²) in [5, 5.41) is 4.93. The van der Waals surface area contributed by atoms with Crippen molar-refractivity contribution in [3.63, 3.8) is 0 Å². The predicted octanol–water partition coefficient (Wildman–Crippen LogP) is 5.38. The van der Waals surface area contributed by atoms with Crippen LogP contribution >= 0.6 is 0 Å². The Morgan fingerprint density at radius 3 is 1.55 bits per heavy atom. The van der Waals surface area contributed by atoms with Gasteiger partial charge < -0.3 is 0 Å². The van der Waals surface area contributed by atoms with Crippen molar-refractivity contribution in [1.29, 1.82) is 0 Å². The maximum absolute atomic E-state index is 14.6. The molecule has 2 N–H and O–H groups in total. The summed E-state index contributed by atoms with van der Waals surface area (Å²) in [5.41, 5.74) is -4.83. The summed E-state index contributed by atoms with van der Waals surface area (Å²) in [5.74, 6) is -10.2. The smallest absolute Gasteiger partial charge is 0.225 e. The third kappa shape index (κ3) is 4.12. The van der Waals surface area contributed by atoms with Crippen LogP contribution in [0.4, 0.5) is 35.1 Å². The molecule has 0 aliphatic heterocycles. The Morgan fingerprint density at radius 1 is 0.677 bits per heavy atom. The fourth-order valence-electron chi connectivity index (χ4n) is 2.89. The lowest BCUT2D eigenvalue weighted by Crippen LogP contribution is -2.12. The molecule has 12 heteroatoms. The van der Waals surface area contributed by atoms with Gasteiger partial charge in [0.1, 0.15) is 5.82 Å². The minimum atomic E-state index is -5.09. The van der Waals surface area contributed by atoms with Crippen molar-refractivity contribution >= 4 is 10.0 Å². The lowest BCUT2D eigenvalue weighted by atomic mass is 9.92. The van der Waals surface area contributed by atoms with E-state index < -0.39 is 72.4 Å². The Morgan fingerprint density at radius 2 is 1.13 bits per heavy atom. The van der Waals surface area contributed by atoms with Gasteiger partial charge in [-0.05, 0) is 35.4 Å². The molecule has 0 unspecified atom stereocenters. The van der Waals surface area contributed by atoms with Crippen LogP contribution in [0, 0.1) is 29.1 Å². The summed E-state index contributed by atoms with van der Waals surface area (Å²) in [6.45, 7) is 0. The Labute approximate surface area is 169 Å². The van der Waals surface area contributed by atoms with Gasteiger partial charge in [-0.3, -0.25) is 0 Å². The predicted molar refractivity (Wildman–Crippen MR) is 93.5 cm³/mol. The van der Waals surface area contributed by atoms with E-state index in [1.54, 1.807) is 0 Å². The van der Waals surface area contributed by atoms with E-state index >= 15 is 0 Å². The van der Waals surface area contributed by atoms with Crippen LogP contribution in [-0.4, -0.2) is 8.42 Å². The van der Waals surface area contributed by atoms with Gasteiger partial charge in [0.25, 0.3) is 0 Å². The van der Waals surface area contributed by atoms with Crippen molar-refractivity contribution in [1.82, 2.24) is 0 Å². The number of rotatable bonds is 3. The summed E-state index contributed by atoms with van der Waals surface area (Å²) < 4.78 is 132. The number of alkyl halides is 3. The molecule has 0 bridgehead atoms. The van der Waals surface area contributed by atoms with Gasteiger partial charge >= 0.3 is 6.18 Å². The molecule has 0 aromatic heterocycles. The van der Waals surface area contributed by atoms with Gasteiger partial charge in [-0.15, -0.1) is 0 Å². The van der Waals surface area contributed by atoms with Gasteiger partial charge in [0.2, 0.25) is 10.0 Å². The van der Waals surface area contributed by atoms with Crippen LogP contribution in [0.15, 0.2) is 47.4 Å². The van der Waals surface area contributed by atoms with Crippen LogP contribution in [0.1, 0.15) is 5.56 Å². The van der Waals surface area contributed by atoms with E-state index in [4.69, 9.17) is 5.14 Å². The molecule has 3 aromatic carbocycles. The van der Waals surface area contributed by atoms with Gasteiger partial charge in [-0.2, -0.15) is 13.2 Å². The number of halogens is 8. The van der Waals surface area contributed by atoms with E-state index in [0.29, 0.717) is 6.07 Å². The molecular weight excluding hydrogens is 458 g/mol. The van der Waals surface area contributed by atoms with Gasteiger partial charge in [0.15, 0.2) is 23.3 Å². The first-order valence-electron chi connectivity index (χ1n) is 8.09. The van der Waals surface area contributed by atoms with E-state index in [2.05, 4.69) is 0 Å². The Hall–Kier alpha value is -2.99. The summed E-state index contributed by atoms with van der Waals surface area (Å²) >= 11 is 0. The normalized spacial score (nSPS) is 12.3. The van der Waals surface area contributed by atoms with E-state index in [1.807, 2.05) is 0 Å². The van der Waals surface area contributed by atoms with Crippen molar-refractivity contribution in [3.05, 3.63) is 77.1 Å². The second kappa shape index (κ2) is 7.61. The van der Waals surface area contributed by atoms with Crippen LogP contribution in [0.2, 0.25) is 0 Å². The Kier molecular flexibility index (Phi) is 5.57. The van der Waals surface area contributed by atoms with Crippen molar-refractivity contribution in [2.75, 3.05) is 0 Å². The zero-order valence-corrected chi connectivity index (χ0v) is 15.7. The third-order valence-corrected chi connectivity index (χ3v) is 5.23. The molecule has 0 saturated heterocycles. The highest BCUT2D eigenvalue weighted by atomic mass is 32.2. The molecule has 0 spiro atoms. The number of hydrogen-bond donors (Lipinski definition) is 1. The maximum Gasteiger partial charge on any atom is 0.419 e. The second-order valence-electron chi connectivity index (χ2n) is 6.27. The molecule has 3 aromatic rings. The van der Waals surface area contributed by atoms with E-state index in [1.165, 1.54) is 0 Å². The summed E-state index contributed by atoms with van der Waals surface area (Å²) in [6.07, 6.45) is -5.09. The minimum absolute atomic E-state index is 0.195. The molecule has 31 heavy (non-hydrogen) atoms. The number of benzene rings is 3. The number of nitrogens with two attached hydrogens (primary N) is 1. The highest BCUT2D eigenvalue weighted by Gasteiger charge is 2.35. The van der Waals surface area contributed by atoms with Crippen LogP contribution < -0.4 is 5.14 Å².